The molecule has 0 saturated carbocycles. The monoisotopic (exact) mass is 265 g/mol. The van der Waals surface area contributed by atoms with Gasteiger partial charge in [0, 0.05) is 12.5 Å². The number of carbonyl (C=O) groups is 1. The van der Waals surface area contributed by atoms with E-state index in [1.807, 2.05) is 13.8 Å². The summed E-state index contributed by atoms with van der Waals surface area (Å²) in [6, 6.07) is 0. The highest BCUT2D eigenvalue weighted by Gasteiger charge is 2.20. The third-order valence-electron chi connectivity index (χ3n) is 2.79. The Labute approximate surface area is 102 Å². The van der Waals surface area contributed by atoms with Crippen LogP contribution in [0.2, 0.25) is 0 Å². The minimum atomic E-state index is -3.96. The van der Waals surface area contributed by atoms with Crippen LogP contribution in [0, 0.1) is 0 Å². The molecule has 0 radical (unpaired) electrons. The number of quaternary nitrogens is 1. The van der Waals surface area contributed by atoms with Crippen LogP contribution in [0.15, 0.2) is 12.3 Å². The van der Waals surface area contributed by atoms with Crippen LogP contribution in [0.25, 0.3) is 0 Å². The molecule has 0 unspecified atom stereocenters. The lowest BCUT2D eigenvalue weighted by Gasteiger charge is -2.32. The first-order valence-electron chi connectivity index (χ1n) is 5.46. The lowest BCUT2D eigenvalue weighted by atomic mass is 10.3. The van der Waals surface area contributed by atoms with Crippen molar-refractivity contribution in [3.63, 3.8) is 0 Å². The summed E-state index contributed by atoms with van der Waals surface area (Å²) in [6.45, 7) is 5.52. The second-order valence-corrected chi connectivity index (χ2v) is 5.42. The molecule has 6 nitrogen and oxygen atoms in total. The summed E-state index contributed by atoms with van der Waals surface area (Å²) in [5, 5.41) is 10.4. The minimum Gasteiger partial charge on any atom is -0.545 e. The Hall–Kier alpha value is -0.920. The van der Waals surface area contributed by atoms with E-state index in [-0.39, 0.29) is 12.2 Å². The molecule has 17 heavy (non-hydrogen) atoms. The molecule has 0 aromatic heterocycles. The van der Waals surface area contributed by atoms with Crippen molar-refractivity contribution in [3.8, 4) is 0 Å². The van der Waals surface area contributed by atoms with Crippen molar-refractivity contribution < 1.29 is 27.4 Å². The number of carbonyl (C=O) groups excluding carboxylic acids is 1. The summed E-state index contributed by atoms with van der Waals surface area (Å²) in [6.07, 6.45) is 2.73. The average molecular weight is 265 g/mol. The van der Waals surface area contributed by atoms with Gasteiger partial charge in [-0.05, 0) is 13.8 Å². The molecule has 1 N–H and O–H groups in total. The first kappa shape index (κ1) is 16.1. The zero-order valence-electron chi connectivity index (χ0n) is 10.1. The van der Waals surface area contributed by atoms with Crippen LogP contribution in [-0.2, 0) is 14.9 Å². The molecule has 0 bridgehead atoms. The van der Waals surface area contributed by atoms with Gasteiger partial charge in [0.05, 0.1) is 37.6 Å². The van der Waals surface area contributed by atoms with E-state index in [4.69, 9.17) is 4.55 Å². The van der Waals surface area contributed by atoms with E-state index in [1.54, 1.807) is 0 Å². The number of rotatable bonds is 8. The number of carboxylic acid groups (broad SMARTS) is 1. The van der Waals surface area contributed by atoms with Gasteiger partial charge in [0.15, 0.2) is 0 Å². The van der Waals surface area contributed by atoms with Crippen LogP contribution in [0.5, 0.6) is 0 Å². The van der Waals surface area contributed by atoms with Crippen molar-refractivity contribution >= 4 is 16.1 Å². The van der Waals surface area contributed by atoms with Crippen LogP contribution < -0.4 is 5.11 Å². The van der Waals surface area contributed by atoms with Crippen LogP contribution in [-0.4, -0.2) is 48.8 Å². The quantitative estimate of drug-likeness (QED) is 0.359. The number of hydrogen-bond donors (Lipinski definition) is 1. The predicted molar refractivity (Wildman–Crippen MR) is 61.4 cm³/mol. The first-order valence-corrected chi connectivity index (χ1v) is 7.07. The molecule has 0 rings (SSSR count). The van der Waals surface area contributed by atoms with E-state index in [9.17, 15) is 18.3 Å². The smallest absolute Gasteiger partial charge is 0.265 e. The highest BCUT2D eigenvalue weighted by molar-refractivity contribution is 7.85. The van der Waals surface area contributed by atoms with Gasteiger partial charge in [-0.3, -0.25) is 9.04 Å². The highest BCUT2D eigenvalue weighted by atomic mass is 32.2. The molecule has 0 aromatic rings. The third kappa shape index (κ3) is 7.09. The van der Waals surface area contributed by atoms with Crippen molar-refractivity contribution in [1.29, 1.82) is 0 Å². The fourth-order valence-electron chi connectivity index (χ4n) is 1.61. The molecule has 0 aliphatic carbocycles. The largest absolute Gasteiger partial charge is 0.545 e. The zero-order chi connectivity index (χ0) is 13.5. The van der Waals surface area contributed by atoms with Crippen LogP contribution in [0.1, 0.15) is 20.3 Å². The van der Waals surface area contributed by atoms with Crippen LogP contribution in [0.3, 0.4) is 0 Å². The molecule has 0 aliphatic rings. The lowest BCUT2D eigenvalue weighted by Crippen LogP contribution is -2.44. The lowest BCUT2D eigenvalue weighted by molar-refractivity contribution is -0.875. The van der Waals surface area contributed by atoms with Crippen molar-refractivity contribution in [2.24, 2.45) is 0 Å². The van der Waals surface area contributed by atoms with Gasteiger partial charge in [0.25, 0.3) is 10.1 Å². The number of hydrogen-bond acceptors (Lipinski definition) is 4. The minimum absolute atomic E-state index is 0.276. The molecule has 7 heteroatoms. The van der Waals surface area contributed by atoms with E-state index in [0.717, 1.165) is 6.08 Å². The van der Waals surface area contributed by atoms with Gasteiger partial charge in [0.2, 0.25) is 0 Å². The second kappa shape index (κ2) is 6.73. The van der Waals surface area contributed by atoms with E-state index in [1.165, 1.54) is 6.20 Å². The summed E-state index contributed by atoms with van der Waals surface area (Å²) in [4.78, 5) is 10.4. The zero-order valence-corrected chi connectivity index (χ0v) is 10.9. The summed E-state index contributed by atoms with van der Waals surface area (Å²) in [5.41, 5.74) is 0. The Balaban J connectivity index is 4.56. The molecular weight excluding hydrogens is 246 g/mol. The van der Waals surface area contributed by atoms with E-state index in [0.29, 0.717) is 24.1 Å². The van der Waals surface area contributed by atoms with Gasteiger partial charge >= 0.3 is 0 Å². The van der Waals surface area contributed by atoms with Gasteiger partial charge in [-0.1, -0.05) is 0 Å². The van der Waals surface area contributed by atoms with Gasteiger partial charge < -0.3 is 9.90 Å². The molecule has 0 atom stereocenters. The Morgan fingerprint density at radius 2 is 1.88 bits per heavy atom. The molecule has 0 saturated heterocycles. The normalized spacial score (nSPS) is 13.1. The molecule has 0 aromatic carbocycles. The average Bonchev–Trinajstić information content (AvgIpc) is 2.21. The maximum Gasteiger partial charge on any atom is 0.265 e. The van der Waals surface area contributed by atoms with Gasteiger partial charge in [0.1, 0.15) is 0 Å². The molecular formula is C10H19NO5S. The fraction of sp³-hybridized carbons (Fsp3) is 0.700. The van der Waals surface area contributed by atoms with Crippen molar-refractivity contribution in [1.82, 2.24) is 0 Å². The van der Waals surface area contributed by atoms with Crippen molar-refractivity contribution in [2.75, 3.05) is 25.4 Å². The Morgan fingerprint density at radius 1 is 1.35 bits per heavy atom. The van der Waals surface area contributed by atoms with Gasteiger partial charge in [-0.25, -0.2) is 0 Å². The number of nitrogens with zero attached hydrogens (tertiary/aromatic N) is 1. The summed E-state index contributed by atoms with van der Waals surface area (Å²) in [5.74, 6) is -1.59. The van der Waals surface area contributed by atoms with Crippen LogP contribution >= 0.6 is 0 Å². The van der Waals surface area contributed by atoms with E-state index < -0.39 is 16.1 Å². The van der Waals surface area contributed by atoms with E-state index >= 15 is 0 Å². The fourth-order valence-corrected chi connectivity index (χ4v) is 2.10. The maximum atomic E-state index is 10.6. The Morgan fingerprint density at radius 3 is 2.24 bits per heavy atom. The van der Waals surface area contributed by atoms with Crippen molar-refractivity contribution in [3.05, 3.63) is 12.3 Å². The summed E-state index contributed by atoms with van der Waals surface area (Å²) in [7, 11) is -3.96. The molecule has 0 fully saturated rings. The Kier molecular flexibility index (Phi) is 6.36. The SMILES string of the molecule is CC[N+](C=CC(=O)[O-])(CC)CCCS(=O)(=O)O. The second-order valence-electron chi connectivity index (χ2n) is 3.85. The highest BCUT2D eigenvalue weighted by Crippen LogP contribution is 2.09. The Bertz CT molecular complexity index is 370. The first-order chi connectivity index (χ1) is 7.74. The number of aliphatic carboxylic acids is 1. The van der Waals surface area contributed by atoms with E-state index in [2.05, 4.69) is 0 Å². The van der Waals surface area contributed by atoms with Crippen molar-refractivity contribution in [2.45, 2.75) is 20.3 Å². The summed E-state index contributed by atoms with van der Waals surface area (Å²) < 4.78 is 30.1. The maximum absolute atomic E-state index is 10.6. The van der Waals surface area contributed by atoms with Gasteiger partial charge in [-0.2, -0.15) is 8.42 Å². The third-order valence-corrected chi connectivity index (χ3v) is 3.60. The van der Waals surface area contributed by atoms with Crippen LogP contribution in [0.4, 0.5) is 0 Å². The molecule has 0 amide bonds. The molecule has 0 heterocycles. The predicted octanol–water partition coefficient (Wildman–Crippen LogP) is -0.615. The molecule has 0 spiro atoms. The molecule has 100 valence electrons. The van der Waals surface area contributed by atoms with Gasteiger partial charge in [-0.15, -0.1) is 0 Å². The summed E-state index contributed by atoms with van der Waals surface area (Å²) >= 11 is 0. The standard InChI is InChI=1S/C10H19NO5S/c1-3-11(4-2,8-6-10(12)13)7-5-9-17(14,15)16/h6,8H,3-5,7,9H2,1-2H3,(H-,12,13,14,15,16). The molecule has 0 aliphatic heterocycles. The topological polar surface area (TPSA) is 94.5 Å². The number of carboxylic acids is 1.